The van der Waals surface area contributed by atoms with Crippen molar-refractivity contribution in [1.29, 1.82) is 0 Å². The van der Waals surface area contributed by atoms with Gasteiger partial charge < -0.3 is 18.6 Å². The van der Waals surface area contributed by atoms with Crippen LogP contribution in [0.15, 0.2) is 38.0 Å². The van der Waals surface area contributed by atoms with E-state index in [4.69, 9.17) is 18.6 Å². The van der Waals surface area contributed by atoms with E-state index in [1.165, 1.54) is 7.11 Å². The zero-order chi connectivity index (χ0) is 16.3. The van der Waals surface area contributed by atoms with Gasteiger partial charge in [0.25, 0.3) is 0 Å². The summed E-state index contributed by atoms with van der Waals surface area (Å²) in [6.45, 7) is 9.66. The first-order valence-electron chi connectivity index (χ1n) is 5.75. The van der Waals surface area contributed by atoms with Crippen LogP contribution in [-0.2, 0) is 33.0 Å². The molecule has 0 unspecified atom stereocenters. The minimum atomic E-state index is -2.21. The van der Waals surface area contributed by atoms with Gasteiger partial charge in [-0.05, 0) is 6.04 Å². The van der Waals surface area contributed by atoms with E-state index < -0.39 is 23.9 Å². The van der Waals surface area contributed by atoms with Gasteiger partial charge in [-0.25, -0.2) is 14.4 Å². The van der Waals surface area contributed by atoms with Gasteiger partial charge in [0, 0.05) is 25.3 Å². The summed E-state index contributed by atoms with van der Waals surface area (Å²) < 4.78 is 19.5. The van der Waals surface area contributed by atoms with Crippen molar-refractivity contribution in [1.82, 2.24) is 0 Å². The molecule has 0 heterocycles. The smallest absolute Gasteiger partial charge is 0.421 e. The fourth-order valence-electron chi connectivity index (χ4n) is 1.11. The highest BCUT2D eigenvalue weighted by Crippen LogP contribution is 2.24. The Kier molecular flexibility index (Phi) is 8.66. The van der Waals surface area contributed by atoms with Crippen molar-refractivity contribution in [2.24, 2.45) is 0 Å². The largest absolute Gasteiger partial charge is 0.423 e. The Balaban J connectivity index is 5.31. The van der Waals surface area contributed by atoms with E-state index in [1.54, 1.807) is 0 Å². The molecule has 0 rings (SSSR count). The normalized spacial score (nSPS) is 10.1. The number of carbonyl (C=O) groups excluding carboxylic acids is 3. The van der Waals surface area contributed by atoms with Crippen molar-refractivity contribution in [2.45, 2.75) is 18.4 Å². The zero-order valence-electron chi connectivity index (χ0n) is 11.6. The van der Waals surface area contributed by atoms with Gasteiger partial charge in [0.05, 0.1) is 6.42 Å². The summed E-state index contributed by atoms with van der Waals surface area (Å²) in [5, 5.41) is 0. The van der Waals surface area contributed by atoms with Crippen molar-refractivity contribution in [3.63, 3.8) is 0 Å². The van der Waals surface area contributed by atoms with Crippen molar-refractivity contribution in [2.75, 3.05) is 7.11 Å². The van der Waals surface area contributed by atoms with Crippen molar-refractivity contribution in [3.8, 4) is 0 Å². The topological polar surface area (TPSA) is 88.1 Å². The molecule has 0 aliphatic rings. The maximum Gasteiger partial charge on any atom is 0.423 e. The summed E-state index contributed by atoms with van der Waals surface area (Å²) in [6, 6.07) is 0.315. The van der Waals surface area contributed by atoms with Crippen LogP contribution in [0.4, 0.5) is 0 Å². The highest BCUT2D eigenvalue weighted by molar-refractivity contribution is 6.26. The van der Waals surface area contributed by atoms with Gasteiger partial charge in [-0.15, -0.1) is 0 Å². The van der Waals surface area contributed by atoms with Crippen LogP contribution in [0.2, 0.25) is 6.04 Å². The van der Waals surface area contributed by atoms with Crippen LogP contribution in [0.25, 0.3) is 0 Å². The van der Waals surface area contributed by atoms with Crippen molar-refractivity contribution >= 4 is 27.7 Å². The van der Waals surface area contributed by atoms with Crippen molar-refractivity contribution < 1.29 is 33.0 Å². The second kappa shape index (κ2) is 9.67. The molecule has 0 spiro atoms. The number of rotatable bonds is 10. The van der Waals surface area contributed by atoms with E-state index in [0.29, 0.717) is 6.04 Å². The Labute approximate surface area is 125 Å². The number of esters is 3. The molecule has 0 aliphatic carbocycles. The Hall–Kier alpha value is -2.19. The Bertz CT molecular complexity index is 375. The van der Waals surface area contributed by atoms with Gasteiger partial charge in [-0.2, -0.15) is 0 Å². The zero-order valence-corrected chi connectivity index (χ0v) is 12.6. The molecule has 0 saturated heterocycles. The Morgan fingerprint density at radius 3 is 1.62 bits per heavy atom. The third-order valence-electron chi connectivity index (χ3n) is 1.95. The quantitative estimate of drug-likeness (QED) is 0.195. The van der Waals surface area contributed by atoms with E-state index in [2.05, 4.69) is 19.7 Å². The molecular formula is C13H16O7Si. The van der Waals surface area contributed by atoms with Gasteiger partial charge in [0.15, 0.2) is 0 Å². The van der Waals surface area contributed by atoms with E-state index in [-0.39, 0.29) is 16.2 Å². The van der Waals surface area contributed by atoms with Crippen LogP contribution in [0.5, 0.6) is 0 Å². The Morgan fingerprint density at radius 2 is 1.33 bits per heavy atom. The molecule has 0 saturated carbocycles. The van der Waals surface area contributed by atoms with Crippen LogP contribution in [-0.4, -0.2) is 40.8 Å². The fourth-order valence-corrected chi connectivity index (χ4v) is 1.72. The lowest BCUT2D eigenvalue weighted by atomic mass is 10.4. The molecule has 0 aromatic heterocycles. The standard InChI is InChI=1S/C13H16O7Si/c1-5-10(14)18-13(8-9-21-17-4,19-11(15)6-2)20-12(16)7-3/h5-7H,1-3,8-9H2,4H3. The molecule has 0 atom stereocenters. The van der Waals surface area contributed by atoms with Crippen molar-refractivity contribution in [3.05, 3.63) is 38.0 Å². The second-order valence-corrected chi connectivity index (χ2v) is 4.60. The highest BCUT2D eigenvalue weighted by Gasteiger charge is 2.42. The third kappa shape index (κ3) is 7.23. The average Bonchev–Trinajstić information content (AvgIpc) is 2.46. The third-order valence-corrected chi connectivity index (χ3v) is 2.69. The average molecular weight is 312 g/mol. The molecule has 0 aromatic carbocycles. The molecular weight excluding hydrogens is 296 g/mol. The molecule has 7 nitrogen and oxygen atoms in total. The fraction of sp³-hybridized carbons (Fsp3) is 0.308. The van der Waals surface area contributed by atoms with Crippen LogP contribution in [0.1, 0.15) is 6.42 Å². The van der Waals surface area contributed by atoms with E-state index in [1.807, 2.05) is 0 Å². The van der Waals surface area contributed by atoms with Crippen LogP contribution < -0.4 is 0 Å². The molecule has 0 bridgehead atoms. The van der Waals surface area contributed by atoms with Gasteiger partial charge in [0.1, 0.15) is 0 Å². The molecule has 114 valence electrons. The summed E-state index contributed by atoms with van der Waals surface area (Å²) in [6.07, 6.45) is 2.42. The second-order valence-electron chi connectivity index (χ2n) is 3.41. The van der Waals surface area contributed by atoms with Crippen LogP contribution in [0, 0.1) is 0 Å². The summed E-state index contributed by atoms with van der Waals surface area (Å²) in [5.41, 5.74) is 0. The summed E-state index contributed by atoms with van der Waals surface area (Å²) in [4.78, 5) is 34.2. The Morgan fingerprint density at radius 1 is 0.952 bits per heavy atom. The van der Waals surface area contributed by atoms with Gasteiger partial charge in [-0.3, -0.25) is 0 Å². The SMILES string of the molecule is C=CC(=O)OC(CC[Si]OC)(OC(=O)C=C)OC(=O)C=C. The first-order valence-corrected chi connectivity index (χ1v) is 6.86. The number of hydrogen-bond donors (Lipinski definition) is 0. The maximum atomic E-state index is 11.4. The van der Waals surface area contributed by atoms with Gasteiger partial charge in [0.2, 0.25) is 9.76 Å². The molecule has 2 radical (unpaired) electrons. The molecule has 0 amide bonds. The number of ether oxygens (including phenoxy) is 3. The van der Waals surface area contributed by atoms with E-state index >= 15 is 0 Å². The summed E-state index contributed by atoms with van der Waals surface area (Å²) in [7, 11) is 1.50. The first kappa shape index (κ1) is 18.8. The molecule has 0 fully saturated rings. The highest BCUT2D eigenvalue weighted by atomic mass is 28.2. The molecule has 21 heavy (non-hydrogen) atoms. The molecule has 8 heteroatoms. The van der Waals surface area contributed by atoms with Gasteiger partial charge >= 0.3 is 23.9 Å². The van der Waals surface area contributed by atoms with Crippen LogP contribution in [0.3, 0.4) is 0 Å². The minimum Gasteiger partial charge on any atom is -0.421 e. The minimum absolute atomic E-state index is 0.0288. The molecule has 0 aliphatic heterocycles. The summed E-state index contributed by atoms with van der Waals surface area (Å²) >= 11 is 0. The lowest BCUT2D eigenvalue weighted by molar-refractivity contribution is -0.325. The predicted molar refractivity (Wildman–Crippen MR) is 73.8 cm³/mol. The lowest BCUT2D eigenvalue weighted by Gasteiger charge is -2.30. The lowest BCUT2D eigenvalue weighted by Crippen LogP contribution is -2.44. The van der Waals surface area contributed by atoms with Crippen LogP contribution >= 0.6 is 0 Å². The van der Waals surface area contributed by atoms with E-state index in [9.17, 15) is 14.4 Å². The predicted octanol–water partition coefficient (Wildman–Crippen LogP) is 0.902. The number of hydrogen-bond acceptors (Lipinski definition) is 7. The first-order chi connectivity index (χ1) is 9.92. The molecule has 0 N–H and O–H groups in total. The van der Waals surface area contributed by atoms with Gasteiger partial charge in [-0.1, -0.05) is 19.7 Å². The summed E-state index contributed by atoms with van der Waals surface area (Å²) in [5.74, 6) is -4.99. The molecule has 0 aromatic rings. The number of carbonyl (C=O) groups is 3. The monoisotopic (exact) mass is 312 g/mol. The maximum absolute atomic E-state index is 11.4. The van der Waals surface area contributed by atoms with E-state index in [0.717, 1.165) is 18.2 Å².